The predicted molar refractivity (Wildman–Crippen MR) is 115 cm³/mol. The Hall–Kier alpha value is -2.14. The van der Waals surface area contributed by atoms with E-state index >= 15 is 0 Å². The monoisotopic (exact) mass is 441 g/mol. The number of rotatable bonds is 5. The molecule has 0 saturated heterocycles. The van der Waals surface area contributed by atoms with E-state index in [0.717, 1.165) is 6.54 Å². The number of pyridine rings is 1. The van der Waals surface area contributed by atoms with Gasteiger partial charge < -0.3 is 4.90 Å². The molecule has 0 saturated carbocycles. The molecular formula is C22H22IN2+. The van der Waals surface area contributed by atoms with Crippen molar-refractivity contribution in [3.8, 4) is 0 Å². The molecule has 3 rings (SSSR count). The third-order valence-electron chi connectivity index (χ3n) is 4.10. The summed E-state index contributed by atoms with van der Waals surface area (Å²) in [4.78, 5) is 2.11. The molecule has 25 heavy (non-hydrogen) atoms. The van der Waals surface area contributed by atoms with Crippen LogP contribution in [0.25, 0.3) is 12.2 Å². The van der Waals surface area contributed by atoms with Crippen molar-refractivity contribution in [2.24, 2.45) is 0 Å². The fourth-order valence-corrected chi connectivity index (χ4v) is 3.00. The molecule has 1 heterocycles. The smallest absolute Gasteiger partial charge is 0.205 e. The third-order valence-corrected chi connectivity index (χ3v) is 4.82. The van der Waals surface area contributed by atoms with Crippen molar-refractivity contribution >= 4 is 40.4 Å². The van der Waals surface area contributed by atoms with Gasteiger partial charge in [0.1, 0.15) is 0 Å². The molecule has 3 aromatic rings. The number of nitrogens with zero attached hydrogens (tertiary/aromatic N) is 2. The molecule has 2 nitrogen and oxygen atoms in total. The molecule has 0 aliphatic rings. The first-order valence-corrected chi connectivity index (χ1v) is 9.38. The molecule has 0 unspecified atom stereocenters. The van der Waals surface area contributed by atoms with Crippen molar-refractivity contribution in [1.29, 1.82) is 0 Å². The Balaban J connectivity index is 1.79. The summed E-state index contributed by atoms with van der Waals surface area (Å²) >= 11 is 2.34. The second-order valence-corrected chi connectivity index (χ2v) is 7.44. The van der Waals surface area contributed by atoms with Crippen LogP contribution in [-0.2, 0) is 6.54 Å². The molecule has 0 aliphatic carbocycles. The van der Waals surface area contributed by atoms with Crippen molar-refractivity contribution in [2.45, 2.75) is 6.54 Å². The molecule has 1 aromatic heterocycles. The van der Waals surface area contributed by atoms with Crippen LogP contribution in [0.5, 0.6) is 0 Å². The van der Waals surface area contributed by atoms with Crippen LogP contribution in [0.2, 0.25) is 0 Å². The van der Waals surface area contributed by atoms with Crippen molar-refractivity contribution in [1.82, 2.24) is 0 Å². The maximum Gasteiger partial charge on any atom is 0.205 e. The molecule has 0 N–H and O–H groups in total. The van der Waals surface area contributed by atoms with E-state index in [0.29, 0.717) is 0 Å². The highest BCUT2D eigenvalue weighted by Crippen LogP contribution is 2.14. The van der Waals surface area contributed by atoms with Gasteiger partial charge in [-0.2, -0.15) is 4.57 Å². The standard InChI is InChI=1S/C22H22IN2/c1-24(2)21-13-8-18(9-14-21)10-15-22-5-3-4-16-25(22)17-19-6-11-20(23)12-7-19/h3-16H,17H2,1-2H3/q+1. The fourth-order valence-electron chi connectivity index (χ4n) is 2.64. The van der Waals surface area contributed by atoms with E-state index in [1.165, 1.54) is 26.1 Å². The molecular weight excluding hydrogens is 419 g/mol. The summed E-state index contributed by atoms with van der Waals surface area (Å²) in [5.74, 6) is 0. The zero-order chi connectivity index (χ0) is 17.6. The minimum Gasteiger partial charge on any atom is -0.378 e. The van der Waals surface area contributed by atoms with Gasteiger partial charge in [0.15, 0.2) is 12.7 Å². The highest BCUT2D eigenvalue weighted by Gasteiger charge is 2.07. The first-order chi connectivity index (χ1) is 12.1. The second-order valence-electron chi connectivity index (χ2n) is 6.20. The van der Waals surface area contributed by atoms with E-state index in [2.05, 4.69) is 131 Å². The van der Waals surface area contributed by atoms with E-state index < -0.39 is 0 Å². The van der Waals surface area contributed by atoms with E-state index in [4.69, 9.17) is 0 Å². The van der Waals surface area contributed by atoms with Crippen LogP contribution in [0.1, 0.15) is 16.8 Å². The van der Waals surface area contributed by atoms with Crippen LogP contribution >= 0.6 is 22.6 Å². The summed E-state index contributed by atoms with van der Waals surface area (Å²) in [5.41, 5.74) is 4.92. The Kier molecular flexibility index (Phi) is 5.87. The summed E-state index contributed by atoms with van der Waals surface area (Å²) < 4.78 is 3.54. The van der Waals surface area contributed by atoms with Crippen molar-refractivity contribution < 1.29 is 4.57 Å². The molecule has 0 fully saturated rings. The summed E-state index contributed by atoms with van der Waals surface area (Å²) in [6, 6.07) is 23.6. The number of hydrogen-bond donors (Lipinski definition) is 0. The normalized spacial score (nSPS) is 11.0. The molecule has 3 heteroatoms. The van der Waals surface area contributed by atoms with Gasteiger partial charge in [-0.25, -0.2) is 0 Å². The molecule has 0 amide bonds. The van der Waals surface area contributed by atoms with E-state index in [1.54, 1.807) is 0 Å². The van der Waals surface area contributed by atoms with Crippen LogP contribution in [0.15, 0.2) is 72.9 Å². The topological polar surface area (TPSA) is 7.12 Å². The number of benzene rings is 2. The third kappa shape index (κ3) is 4.92. The largest absolute Gasteiger partial charge is 0.378 e. The molecule has 126 valence electrons. The lowest BCUT2D eigenvalue weighted by molar-refractivity contribution is -0.690. The number of aromatic nitrogens is 1. The highest BCUT2D eigenvalue weighted by atomic mass is 127. The lowest BCUT2D eigenvalue weighted by Crippen LogP contribution is -2.36. The molecule has 0 aliphatic heterocycles. The summed E-state index contributed by atoms with van der Waals surface area (Å²) in [5, 5.41) is 0. The lowest BCUT2D eigenvalue weighted by Gasteiger charge is -2.11. The molecule has 2 aromatic carbocycles. The maximum atomic E-state index is 2.34. The van der Waals surface area contributed by atoms with E-state index in [9.17, 15) is 0 Å². The molecule has 0 radical (unpaired) electrons. The fraction of sp³-hybridized carbons (Fsp3) is 0.136. The average molecular weight is 441 g/mol. The van der Waals surface area contributed by atoms with Crippen molar-refractivity contribution in [3.05, 3.63) is 93.3 Å². The first-order valence-electron chi connectivity index (χ1n) is 8.30. The number of anilines is 1. The van der Waals surface area contributed by atoms with Gasteiger partial charge >= 0.3 is 0 Å². The van der Waals surface area contributed by atoms with Crippen LogP contribution in [0.4, 0.5) is 5.69 Å². The second kappa shape index (κ2) is 8.30. The number of halogens is 1. The Morgan fingerprint density at radius 1 is 0.880 bits per heavy atom. The van der Waals surface area contributed by atoms with Gasteiger partial charge in [-0.05, 0) is 64.6 Å². The van der Waals surface area contributed by atoms with Crippen molar-refractivity contribution in [3.63, 3.8) is 0 Å². The van der Waals surface area contributed by atoms with Crippen LogP contribution in [0, 0.1) is 3.57 Å². The molecule has 0 spiro atoms. The quantitative estimate of drug-likeness (QED) is 0.405. The Bertz CT molecular complexity index is 850. The first kappa shape index (κ1) is 17.7. The van der Waals surface area contributed by atoms with E-state index in [-0.39, 0.29) is 0 Å². The summed E-state index contributed by atoms with van der Waals surface area (Å²) in [7, 11) is 4.12. The van der Waals surface area contributed by atoms with Crippen LogP contribution in [-0.4, -0.2) is 14.1 Å². The van der Waals surface area contributed by atoms with Gasteiger partial charge in [-0.1, -0.05) is 24.3 Å². The zero-order valence-corrected chi connectivity index (χ0v) is 16.7. The maximum absolute atomic E-state index is 2.34. The van der Waals surface area contributed by atoms with Gasteiger partial charge in [-0.15, -0.1) is 0 Å². The van der Waals surface area contributed by atoms with Gasteiger partial charge in [0.05, 0.1) is 0 Å². The number of hydrogen-bond acceptors (Lipinski definition) is 1. The molecule has 0 atom stereocenters. The Morgan fingerprint density at radius 2 is 1.60 bits per heavy atom. The minimum absolute atomic E-state index is 0.872. The predicted octanol–water partition coefficient (Wildman–Crippen LogP) is 4.86. The van der Waals surface area contributed by atoms with Crippen LogP contribution < -0.4 is 9.47 Å². The lowest BCUT2D eigenvalue weighted by atomic mass is 10.1. The Labute approximate surface area is 163 Å². The van der Waals surface area contributed by atoms with Gasteiger partial charge in [0.25, 0.3) is 0 Å². The average Bonchev–Trinajstić information content (AvgIpc) is 2.63. The zero-order valence-electron chi connectivity index (χ0n) is 14.6. The highest BCUT2D eigenvalue weighted by molar-refractivity contribution is 14.1. The van der Waals surface area contributed by atoms with Gasteiger partial charge in [0, 0.05) is 47.1 Å². The Morgan fingerprint density at radius 3 is 2.28 bits per heavy atom. The van der Waals surface area contributed by atoms with E-state index in [1.807, 2.05) is 0 Å². The minimum atomic E-state index is 0.872. The molecule has 0 bridgehead atoms. The van der Waals surface area contributed by atoms with Crippen molar-refractivity contribution in [2.75, 3.05) is 19.0 Å². The van der Waals surface area contributed by atoms with Crippen LogP contribution in [0.3, 0.4) is 0 Å². The SMILES string of the molecule is CN(C)c1ccc(/C=C/c2cccc[n+]2Cc2ccc(I)cc2)cc1. The summed E-state index contributed by atoms with van der Waals surface area (Å²) in [6.07, 6.45) is 6.48. The summed E-state index contributed by atoms with van der Waals surface area (Å²) in [6.45, 7) is 0.872. The van der Waals surface area contributed by atoms with Gasteiger partial charge in [0.2, 0.25) is 5.69 Å². The van der Waals surface area contributed by atoms with Gasteiger partial charge in [-0.3, -0.25) is 0 Å².